The molecule has 2 aromatic rings. The fraction of sp³-hybridized carbons (Fsp3) is 0.154. The summed E-state index contributed by atoms with van der Waals surface area (Å²) in [5, 5.41) is 2.45. The van der Waals surface area contributed by atoms with E-state index in [1.54, 1.807) is 6.92 Å². The highest BCUT2D eigenvalue weighted by atomic mass is 35.5. The van der Waals surface area contributed by atoms with E-state index in [1.165, 1.54) is 7.11 Å². The van der Waals surface area contributed by atoms with Crippen molar-refractivity contribution < 1.29 is 18.7 Å². The molecule has 0 atom stereocenters. The Bertz CT molecular complexity index is 764. The number of thiazole rings is 1. The maximum Gasteiger partial charge on any atom is 0.350 e. The third kappa shape index (κ3) is 3.37. The van der Waals surface area contributed by atoms with E-state index in [9.17, 15) is 14.0 Å². The average Bonchev–Trinajstić information content (AvgIpc) is 2.82. The molecule has 9 heteroatoms. The number of methoxy groups -OCH3 is 1. The first kappa shape index (κ1) is 16.7. The van der Waals surface area contributed by atoms with Crippen molar-refractivity contribution in [2.45, 2.75) is 6.92 Å². The van der Waals surface area contributed by atoms with Gasteiger partial charge in [-0.3, -0.25) is 10.1 Å². The first-order valence-electron chi connectivity index (χ1n) is 5.85. The van der Waals surface area contributed by atoms with Crippen LogP contribution < -0.4 is 5.32 Å². The molecule has 1 amide bonds. The van der Waals surface area contributed by atoms with Crippen molar-refractivity contribution in [3.8, 4) is 0 Å². The number of nitrogens with zero attached hydrogens (tertiary/aromatic N) is 1. The second-order valence-corrected chi connectivity index (χ2v) is 5.94. The lowest BCUT2D eigenvalue weighted by molar-refractivity contribution is 0.0605. The maximum atomic E-state index is 13.4. The molecule has 0 saturated heterocycles. The van der Waals surface area contributed by atoms with Crippen molar-refractivity contribution >= 4 is 51.5 Å². The molecule has 0 unspecified atom stereocenters. The molecule has 0 fully saturated rings. The molecule has 2 rings (SSSR count). The van der Waals surface area contributed by atoms with Crippen LogP contribution in [-0.2, 0) is 4.74 Å². The van der Waals surface area contributed by atoms with Crippen molar-refractivity contribution in [3.05, 3.63) is 44.1 Å². The van der Waals surface area contributed by atoms with E-state index in [-0.39, 0.29) is 25.6 Å². The zero-order chi connectivity index (χ0) is 16.4. The van der Waals surface area contributed by atoms with Gasteiger partial charge in [0, 0.05) is 0 Å². The molecule has 0 aliphatic rings. The molecule has 1 heterocycles. The number of anilines is 1. The number of hydrogen-bond acceptors (Lipinski definition) is 5. The Morgan fingerprint density at radius 3 is 2.64 bits per heavy atom. The van der Waals surface area contributed by atoms with Crippen LogP contribution in [0.1, 0.15) is 25.7 Å². The van der Waals surface area contributed by atoms with E-state index in [4.69, 9.17) is 23.2 Å². The minimum atomic E-state index is -0.762. The summed E-state index contributed by atoms with van der Waals surface area (Å²) in [7, 11) is 1.25. The van der Waals surface area contributed by atoms with Crippen LogP contribution in [0.4, 0.5) is 9.52 Å². The Balaban J connectivity index is 2.26. The van der Waals surface area contributed by atoms with Gasteiger partial charge in [0.1, 0.15) is 10.7 Å². The SMILES string of the molecule is COC(=O)c1sc(NC(=O)c2cc(F)c(Cl)cc2Cl)nc1C. The number of halogens is 3. The van der Waals surface area contributed by atoms with Crippen molar-refractivity contribution in [2.75, 3.05) is 12.4 Å². The maximum absolute atomic E-state index is 13.4. The molecule has 0 bridgehead atoms. The lowest BCUT2D eigenvalue weighted by Crippen LogP contribution is -2.12. The Labute approximate surface area is 139 Å². The molecule has 1 N–H and O–H groups in total. The molecule has 0 saturated carbocycles. The number of amides is 1. The van der Waals surface area contributed by atoms with Gasteiger partial charge < -0.3 is 4.74 Å². The van der Waals surface area contributed by atoms with Crippen molar-refractivity contribution in [1.82, 2.24) is 4.98 Å². The Hall–Kier alpha value is -1.70. The molecule has 0 aliphatic carbocycles. The van der Waals surface area contributed by atoms with Gasteiger partial charge in [-0.1, -0.05) is 34.5 Å². The van der Waals surface area contributed by atoms with E-state index in [0.29, 0.717) is 5.69 Å². The third-order valence-corrected chi connectivity index (χ3v) is 4.30. The summed E-state index contributed by atoms with van der Waals surface area (Å²) in [4.78, 5) is 27.9. The normalized spacial score (nSPS) is 10.4. The number of ether oxygens (including phenoxy) is 1. The molecule has 0 radical (unpaired) electrons. The lowest BCUT2D eigenvalue weighted by atomic mass is 10.2. The Morgan fingerprint density at radius 1 is 1.32 bits per heavy atom. The molecule has 116 valence electrons. The molecule has 0 spiro atoms. The van der Waals surface area contributed by atoms with Gasteiger partial charge in [0.25, 0.3) is 5.91 Å². The Kier molecular flexibility index (Phi) is 5.00. The lowest BCUT2D eigenvalue weighted by Gasteiger charge is -2.05. The van der Waals surface area contributed by atoms with Crippen LogP contribution in [0.5, 0.6) is 0 Å². The van der Waals surface area contributed by atoms with Gasteiger partial charge in [-0.2, -0.15) is 0 Å². The number of carbonyl (C=O) groups excluding carboxylic acids is 2. The quantitative estimate of drug-likeness (QED) is 0.663. The van der Waals surface area contributed by atoms with Crippen LogP contribution >= 0.6 is 34.5 Å². The summed E-state index contributed by atoms with van der Waals surface area (Å²) in [5.74, 6) is -1.97. The first-order chi connectivity index (χ1) is 10.3. The molecular weight excluding hydrogens is 354 g/mol. The van der Waals surface area contributed by atoms with Gasteiger partial charge in [0.2, 0.25) is 0 Å². The number of nitrogens with one attached hydrogen (secondary N) is 1. The van der Waals surface area contributed by atoms with Gasteiger partial charge in [-0.05, 0) is 19.1 Å². The highest BCUT2D eigenvalue weighted by Gasteiger charge is 2.19. The standard InChI is InChI=1S/C13H9Cl2FN2O3S/c1-5-10(12(20)21-2)22-13(17-5)18-11(19)6-3-9(16)8(15)4-7(6)14/h3-4H,1-2H3,(H,17,18,19). The van der Waals surface area contributed by atoms with Crippen LogP contribution in [-0.4, -0.2) is 24.0 Å². The molecule has 1 aromatic carbocycles. The number of benzene rings is 1. The minimum absolute atomic E-state index is 0.00497. The number of rotatable bonds is 3. The monoisotopic (exact) mass is 362 g/mol. The van der Waals surface area contributed by atoms with Gasteiger partial charge in [-0.15, -0.1) is 0 Å². The van der Waals surface area contributed by atoms with E-state index in [0.717, 1.165) is 23.5 Å². The highest BCUT2D eigenvalue weighted by molar-refractivity contribution is 7.17. The van der Waals surface area contributed by atoms with Gasteiger partial charge in [-0.25, -0.2) is 14.2 Å². The summed E-state index contributed by atoms with van der Waals surface area (Å²) in [6.45, 7) is 1.60. The van der Waals surface area contributed by atoms with Crippen LogP contribution in [0.2, 0.25) is 10.0 Å². The highest BCUT2D eigenvalue weighted by Crippen LogP contribution is 2.27. The smallest absolute Gasteiger partial charge is 0.350 e. The summed E-state index contributed by atoms with van der Waals surface area (Å²) in [6.07, 6.45) is 0. The zero-order valence-electron chi connectivity index (χ0n) is 11.4. The minimum Gasteiger partial charge on any atom is -0.465 e. The summed E-state index contributed by atoms with van der Waals surface area (Å²) in [5.41, 5.74) is 0.330. The van der Waals surface area contributed by atoms with Crippen LogP contribution in [0.3, 0.4) is 0 Å². The average molecular weight is 363 g/mol. The molecule has 1 aromatic heterocycles. The summed E-state index contributed by atoms with van der Waals surface area (Å²) in [6, 6.07) is 2.07. The van der Waals surface area contributed by atoms with E-state index in [2.05, 4.69) is 15.0 Å². The topological polar surface area (TPSA) is 68.3 Å². The fourth-order valence-electron chi connectivity index (χ4n) is 1.59. The predicted octanol–water partition coefficient (Wildman–Crippen LogP) is 3.94. The van der Waals surface area contributed by atoms with Gasteiger partial charge in [0.15, 0.2) is 5.13 Å². The summed E-state index contributed by atoms with van der Waals surface area (Å²) < 4.78 is 18.0. The van der Waals surface area contributed by atoms with Crippen molar-refractivity contribution in [2.24, 2.45) is 0 Å². The number of esters is 1. The van der Waals surface area contributed by atoms with Crippen molar-refractivity contribution in [1.29, 1.82) is 0 Å². The fourth-order valence-corrected chi connectivity index (χ4v) is 2.94. The third-order valence-electron chi connectivity index (χ3n) is 2.64. The number of carbonyl (C=O) groups is 2. The van der Waals surface area contributed by atoms with Crippen LogP contribution in [0.15, 0.2) is 12.1 Å². The van der Waals surface area contributed by atoms with Crippen LogP contribution in [0.25, 0.3) is 0 Å². The molecule has 22 heavy (non-hydrogen) atoms. The van der Waals surface area contributed by atoms with E-state index in [1.807, 2.05) is 0 Å². The number of aryl methyl sites for hydroxylation is 1. The Morgan fingerprint density at radius 2 is 2.00 bits per heavy atom. The number of hydrogen-bond donors (Lipinski definition) is 1. The van der Waals surface area contributed by atoms with E-state index < -0.39 is 17.7 Å². The van der Waals surface area contributed by atoms with Crippen molar-refractivity contribution in [3.63, 3.8) is 0 Å². The predicted molar refractivity (Wildman–Crippen MR) is 82.6 cm³/mol. The second-order valence-electron chi connectivity index (χ2n) is 4.13. The largest absolute Gasteiger partial charge is 0.465 e. The van der Waals surface area contributed by atoms with Gasteiger partial charge in [0.05, 0.1) is 28.4 Å². The van der Waals surface area contributed by atoms with Gasteiger partial charge >= 0.3 is 5.97 Å². The van der Waals surface area contributed by atoms with E-state index >= 15 is 0 Å². The van der Waals surface area contributed by atoms with Crippen LogP contribution in [0, 0.1) is 12.7 Å². The summed E-state index contributed by atoms with van der Waals surface area (Å²) >= 11 is 12.4. The second kappa shape index (κ2) is 6.60. The number of aromatic nitrogens is 1. The molecule has 0 aliphatic heterocycles. The zero-order valence-corrected chi connectivity index (χ0v) is 13.7. The first-order valence-corrected chi connectivity index (χ1v) is 7.42. The molecule has 5 nitrogen and oxygen atoms in total. The molecular formula is C13H9Cl2FN2O3S.